The lowest BCUT2D eigenvalue weighted by atomic mass is 10.2. The van der Waals surface area contributed by atoms with Gasteiger partial charge in [-0.15, -0.1) is 0 Å². The van der Waals surface area contributed by atoms with Crippen molar-refractivity contribution in [1.29, 1.82) is 0 Å². The van der Waals surface area contributed by atoms with E-state index in [1.54, 1.807) is 0 Å². The number of piperazine rings is 1. The molecule has 0 aliphatic carbocycles. The first-order chi connectivity index (χ1) is 12.2. The molecular weight excluding hydrogens is 371 g/mol. The van der Waals surface area contributed by atoms with Crippen LogP contribution in [0.1, 0.15) is 24.2 Å². The Morgan fingerprint density at radius 1 is 1.23 bits per heavy atom. The lowest BCUT2D eigenvalue weighted by molar-refractivity contribution is -0.141. The largest absolute Gasteiger partial charge is 0.433 e. The summed E-state index contributed by atoms with van der Waals surface area (Å²) in [7, 11) is -3.86. The third-order valence-corrected chi connectivity index (χ3v) is 6.79. The molecule has 0 aromatic carbocycles. The van der Waals surface area contributed by atoms with E-state index in [1.165, 1.54) is 11.2 Å². The average Bonchev–Trinajstić information content (AvgIpc) is 3.07. The van der Waals surface area contributed by atoms with Crippen molar-refractivity contribution in [3.05, 3.63) is 23.5 Å². The Morgan fingerprint density at radius 3 is 2.46 bits per heavy atom. The summed E-state index contributed by atoms with van der Waals surface area (Å²) in [5.41, 5.74) is -1.23. The van der Waals surface area contributed by atoms with Crippen LogP contribution in [-0.2, 0) is 20.9 Å². The summed E-state index contributed by atoms with van der Waals surface area (Å²) in [5, 5.41) is 0. The van der Waals surface area contributed by atoms with Crippen LogP contribution in [0.5, 0.6) is 0 Å². The summed E-state index contributed by atoms with van der Waals surface area (Å²) in [4.78, 5) is 5.43. The van der Waals surface area contributed by atoms with Gasteiger partial charge in [-0.1, -0.05) is 0 Å². The number of halogens is 3. The number of hydrogen-bond donors (Lipinski definition) is 0. The van der Waals surface area contributed by atoms with Crippen LogP contribution in [0, 0.1) is 6.92 Å². The first-order valence-electron chi connectivity index (χ1n) is 8.57. The van der Waals surface area contributed by atoms with E-state index >= 15 is 0 Å². The lowest BCUT2D eigenvalue weighted by Crippen LogP contribution is -2.50. The SMILES string of the molecule is Cc1nc(C(F)(F)F)ccc1S(=O)(=O)N1CCN(CC2CCCO2)CC1. The van der Waals surface area contributed by atoms with Gasteiger partial charge in [0, 0.05) is 39.3 Å². The molecule has 2 aliphatic heterocycles. The fourth-order valence-corrected chi connectivity index (χ4v) is 4.93. The molecule has 0 N–H and O–H groups in total. The summed E-state index contributed by atoms with van der Waals surface area (Å²) in [6.45, 7) is 4.60. The van der Waals surface area contributed by atoms with Gasteiger partial charge in [0.2, 0.25) is 10.0 Å². The summed E-state index contributed by atoms with van der Waals surface area (Å²) in [6.07, 6.45) is -2.31. The summed E-state index contributed by atoms with van der Waals surface area (Å²) in [6, 6.07) is 1.72. The molecule has 3 heterocycles. The van der Waals surface area contributed by atoms with Gasteiger partial charge in [0.15, 0.2) is 0 Å². The first kappa shape index (κ1) is 19.5. The predicted octanol–water partition coefficient (Wildman–Crippen LogP) is 1.89. The molecule has 1 unspecified atom stereocenters. The molecule has 2 fully saturated rings. The lowest BCUT2D eigenvalue weighted by Gasteiger charge is -2.35. The number of sulfonamides is 1. The molecule has 0 bridgehead atoms. The van der Waals surface area contributed by atoms with Gasteiger partial charge in [-0.2, -0.15) is 17.5 Å². The second-order valence-electron chi connectivity index (χ2n) is 6.62. The molecule has 3 rings (SSSR count). The summed E-state index contributed by atoms with van der Waals surface area (Å²) in [5.74, 6) is 0. The highest BCUT2D eigenvalue weighted by atomic mass is 32.2. The van der Waals surface area contributed by atoms with Crippen molar-refractivity contribution in [3.8, 4) is 0 Å². The zero-order valence-electron chi connectivity index (χ0n) is 14.5. The van der Waals surface area contributed by atoms with Gasteiger partial charge in [-0.3, -0.25) is 4.90 Å². The monoisotopic (exact) mass is 393 g/mol. The maximum Gasteiger partial charge on any atom is 0.433 e. The third kappa shape index (κ3) is 4.19. The average molecular weight is 393 g/mol. The van der Waals surface area contributed by atoms with Crippen LogP contribution in [0.3, 0.4) is 0 Å². The minimum absolute atomic E-state index is 0.137. The van der Waals surface area contributed by atoms with E-state index in [1.807, 2.05) is 0 Å². The van der Waals surface area contributed by atoms with Gasteiger partial charge in [0.05, 0.1) is 11.8 Å². The number of pyridine rings is 1. The second-order valence-corrected chi connectivity index (χ2v) is 8.52. The number of rotatable bonds is 4. The van der Waals surface area contributed by atoms with Crippen molar-refractivity contribution in [2.75, 3.05) is 39.3 Å². The maximum absolute atomic E-state index is 12.8. The van der Waals surface area contributed by atoms with Gasteiger partial charge in [-0.25, -0.2) is 13.4 Å². The molecule has 2 aliphatic rings. The van der Waals surface area contributed by atoms with E-state index < -0.39 is 21.9 Å². The highest BCUT2D eigenvalue weighted by Crippen LogP contribution is 2.30. The van der Waals surface area contributed by atoms with Crippen molar-refractivity contribution >= 4 is 10.0 Å². The molecule has 6 nitrogen and oxygen atoms in total. The van der Waals surface area contributed by atoms with Crippen LogP contribution in [0.4, 0.5) is 13.2 Å². The van der Waals surface area contributed by atoms with Crippen LogP contribution in [0.15, 0.2) is 17.0 Å². The first-order valence-corrected chi connectivity index (χ1v) is 10.0. The van der Waals surface area contributed by atoms with Gasteiger partial charge in [0.1, 0.15) is 10.6 Å². The molecule has 0 radical (unpaired) electrons. The molecule has 0 spiro atoms. The smallest absolute Gasteiger partial charge is 0.377 e. The van der Waals surface area contributed by atoms with Crippen molar-refractivity contribution in [2.24, 2.45) is 0 Å². The van der Waals surface area contributed by atoms with Crippen LogP contribution in [-0.4, -0.2) is 68.0 Å². The Balaban J connectivity index is 1.67. The fraction of sp³-hybridized carbons (Fsp3) is 0.688. The minimum Gasteiger partial charge on any atom is -0.377 e. The van der Waals surface area contributed by atoms with E-state index in [0.717, 1.165) is 32.1 Å². The third-order valence-electron chi connectivity index (χ3n) is 4.76. The fourth-order valence-electron chi connectivity index (χ4n) is 3.35. The van der Waals surface area contributed by atoms with Gasteiger partial charge in [-0.05, 0) is 31.9 Å². The van der Waals surface area contributed by atoms with Crippen molar-refractivity contribution in [2.45, 2.75) is 36.9 Å². The van der Waals surface area contributed by atoms with Crippen LogP contribution in [0.25, 0.3) is 0 Å². The van der Waals surface area contributed by atoms with E-state index in [9.17, 15) is 21.6 Å². The molecule has 26 heavy (non-hydrogen) atoms. The maximum atomic E-state index is 12.8. The normalized spacial score (nSPS) is 23.5. The van der Waals surface area contributed by atoms with E-state index in [4.69, 9.17) is 4.74 Å². The van der Waals surface area contributed by atoms with Crippen molar-refractivity contribution < 1.29 is 26.3 Å². The minimum atomic E-state index is -4.60. The van der Waals surface area contributed by atoms with Crippen molar-refractivity contribution in [3.63, 3.8) is 0 Å². The van der Waals surface area contributed by atoms with E-state index in [-0.39, 0.29) is 16.7 Å². The molecular formula is C16H22F3N3O3S. The standard InChI is InChI=1S/C16H22F3N3O3S/c1-12-14(4-5-15(20-12)16(17,18)19)26(23,24)22-8-6-21(7-9-22)11-13-3-2-10-25-13/h4-5,13H,2-3,6-11H2,1H3. The van der Waals surface area contributed by atoms with Crippen LogP contribution < -0.4 is 0 Å². The van der Waals surface area contributed by atoms with Gasteiger partial charge < -0.3 is 4.74 Å². The molecule has 10 heteroatoms. The number of nitrogens with zero attached hydrogens (tertiary/aromatic N) is 3. The zero-order valence-corrected chi connectivity index (χ0v) is 15.3. The van der Waals surface area contributed by atoms with Crippen LogP contribution >= 0.6 is 0 Å². The number of ether oxygens (including phenoxy) is 1. The van der Waals surface area contributed by atoms with Crippen molar-refractivity contribution in [1.82, 2.24) is 14.2 Å². The Morgan fingerprint density at radius 2 is 1.92 bits per heavy atom. The summed E-state index contributed by atoms with van der Waals surface area (Å²) < 4.78 is 70.6. The number of hydrogen-bond acceptors (Lipinski definition) is 5. The molecule has 1 atom stereocenters. The van der Waals surface area contributed by atoms with Gasteiger partial charge >= 0.3 is 6.18 Å². The number of aryl methyl sites for hydroxylation is 1. The molecule has 0 saturated carbocycles. The highest BCUT2D eigenvalue weighted by molar-refractivity contribution is 7.89. The second kappa shape index (κ2) is 7.41. The van der Waals surface area contributed by atoms with Gasteiger partial charge in [0.25, 0.3) is 0 Å². The Kier molecular flexibility index (Phi) is 5.57. The highest BCUT2D eigenvalue weighted by Gasteiger charge is 2.35. The Labute approximate surface area is 151 Å². The molecule has 146 valence electrons. The number of alkyl halides is 3. The zero-order chi connectivity index (χ0) is 18.9. The molecule has 1 aromatic rings. The Bertz CT molecular complexity index is 741. The Hall–Kier alpha value is -1.23. The molecule has 0 amide bonds. The number of aromatic nitrogens is 1. The van der Waals surface area contributed by atoms with E-state index in [2.05, 4.69) is 9.88 Å². The molecule has 1 aromatic heterocycles. The predicted molar refractivity (Wildman–Crippen MR) is 88.1 cm³/mol. The van der Waals surface area contributed by atoms with Crippen LogP contribution in [0.2, 0.25) is 0 Å². The quantitative estimate of drug-likeness (QED) is 0.782. The van der Waals surface area contributed by atoms with E-state index in [0.29, 0.717) is 32.2 Å². The summed E-state index contributed by atoms with van der Waals surface area (Å²) >= 11 is 0. The topological polar surface area (TPSA) is 62.7 Å². The molecule has 2 saturated heterocycles.